The van der Waals surface area contributed by atoms with E-state index < -0.39 is 5.56 Å². The van der Waals surface area contributed by atoms with Crippen LogP contribution in [0.5, 0.6) is 0 Å². The third-order valence-corrected chi connectivity index (χ3v) is 5.25. The zero-order valence-electron chi connectivity index (χ0n) is 13.8. The number of nitrogens with zero attached hydrogens (tertiary/aromatic N) is 4. The first-order valence-electron chi connectivity index (χ1n) is 7.37. The number of carbonyl (C=O) groups excluding carboxylic acids is 1. The third-order valence-electron chi connectivity index (χ3n) is 3.76. The number of aromatic nitrogens is 3. The molecule has 1 aromatic carbocycles. The molecule has 0 bridgehead atoms. The average molecular weight is 379 g/mol. The standard InChI is InChI=1S/C16H15ClN4O3S/c1-9-13(15(23)20(2)24-3)25-16-18-14(22)12(19-21(9)16)8-10-6-4-5-7-11(10)17/h4-7H,8H2,1-3H3. The molecule has 0 aliphatic rings. The van der Waals surface area contributed by atoms with Crippen molar-refractivity contribution in [3.8, 4) is 0 Å². The Balaban J connectivity index is 2.07. The number of hydrogen-bond donors (Lipinski definition) is 0. The largest absolute Gasteiger partial charge is 0.296 e. The smallest absolute Gasteiger partial charge is 0.274 e. The van der Waals surface area contributed by atoms with Crippen molar-refractivity contribution in [1.82, 2.24) is 19.7 Å². The highest BCUT2D eigenvalue weighted by Gasteiger charge is 2.21. The molecule has 2 aromatic heterocycles. The highest BCUT2D eigenvalue weighted by Crippen LogP contribution is 2.22. The summed E-state index contributed by atoms with van der Waals surface area (Å²) < 4.78 is 1.51. The van der Waals surface area contributed by atoms with Crippen LogP contribution in [0.1, 0.15) is 26.6 Å². The van der Waals surface area contributed by atoms with Crippen LogP contribution in [0.25, 0.3) is 4.96 Å². The Morgan fingerprint density at radius 2 is 2.12 bits per heavy atom. The molecule has 0 saturated carbocycles. The van der Waals surface area contributed by atoms with Crippen LogP contribution in [0.3, 0.4) is 0 Å². The number of benzene rings is 1. The maximum absolute atomic E-state index is 12.3. The van der Waals surface area contributed by atoms with Crippen molar-refractivity contribution in [3.63, 3.8) is 0 Å². The molecule has 0 unspecified atom stereocenters. The Hall–Kier alpha value is -2.29. The molecule has 9 heteroatoms. The number of fused-ring (bicyclic) bond motifs is 1. The van der Waals surface area contributed by atoms with E-state index in [-0.39, 0.29) is 18.0 Å². The van der Waals surface area contributed by atoms with Crippen molar-refractivity contribution in [2.75, 3.05) is 14.2 Å². The number of thiazole rings is 1. The normalized spacial score (nSPS) is 11.0. The van der Waals surface area contributed by atoms with Gasteiger partial charge < -0.3 is 0 Å². The Morgan fingerprint density at radius 3 is 2.80 bits per heavy atom. The SMILES string of the molecule is CON(C)C(=O)c1sc2nc(=O)c(Cc3ccccc3Cl)nn2c1C. The van der Waals surface area contributed by atoms with Crippen LogP contribution in [-0.4, -0.2) is 39.7 Å². The van der Waals surface area contributed by atoms with Gasteiger partial charge in [0, 0.05) is 18.5 Å². The maximum atomic E-state index is 12.3. The van der Waals surface area contributed by atoms with E-state index in [9.17, 15) is 9.59 Å². The molecule has 3 rings (SSSR count). The van der Waals surface area contributed by atoms with Gasteiger partial charge in [-0.05, 0) is 18.6 Å². The van der Waals surface area contributed by atoms with E-state index in [1.165, 1.54) is 18.7 Å². The van der Waals surface area contributed by atoms with E-state index in [0.29, 0.717) is 20.6 Å². The molecule has 0 N–H and O–H groups in total. The summed E-state index contributed by atoms with van der Waals surface area (Å²) in [5.41, 5.74) is 1.23. The van der Waals surface area contributed by atoms with Gasteiger partial charge in [-0.2, -0.15) is 10.1 Å². The summed E-state index contributed by atoms with van der Waals surface area (Å²) in [5, 5.41) is 6.06. The zero-order chi connectivity index (χ0) is 18.1. The predicted octanol–water partition coefficient (Wildman–Crippen LogP) is 2.34. The third kappa shape index (κ3) is 3.28. The molecule has 3 aromatic rings. The van der Waals surface area contributed by atoms with Gasteiger partial charge in [-0.15, -0.1) is 0 Å². The summed E-state index contributed by atoms with van der Waals surface area (Å²) >= 11 is 7.25. The van der Waals surface area contributed by atoms with Crippen LogP contribution < -0.4 is 5.56 Å². The van der Waals surface area contributed by atoms with E-state index in [1.54, 1.807) is 13.0 Å². The number of aryl methyl sites for hydroxylation is 1. The van der Waals surface area contributed by atoms with Gasteiger partial charge in [0.05, 0.1) is 12.8 Å². The van der Waals surface area contributed by atoms with E-state index in [0.717, 1.165) is 22.0 Å². The second-order valence-electron chi connectivity index (χ2n) is 5.33. The number of hydroxylamine groups is 2. The first-order chi connectivity index (χ1) is 11.9. The lowest BCUT2D eigenvalue weighted by atomic mass is 10.1. The number of carbonyl (C=O) groups is 1. The number of hydrogen-bond acceptors (Lipinski definition) is 6. The molecule has 7 nitrogen and oxygen atoms in total. The molecule has 25 heavy (non-hydrogen) atoms. The van der Waals surface area contributed by atoms with Crippen LogP contribution >= 0.6 is 22.9 Å². The molecule has 130 valence electrons. The van der Waals surface area contributed by atoms with E-state index in [2.05, 4.69) is 10.1 Å². The Labute approximate surface area is 152 Å². The molecular weight excluding hydrogens is 364 g/mol. The molecule has 0 spiro atoms. The van der Waals surface area contributed by atoms with Crippen molar-refractivity contribution in [2.24, 2.45) is 0 Å². The van der Waals surface area contributed by atoms with Crippen LogP contribution in [0.4, 0.5) is 0 Å². The molecule has 0 aliphatic carbocycles. The summed E-state index contributed by atoms with van der Waals surface area (Å²) in [4.78, 5) is 34.4. The van der Waals surface area contributed by atoms with Crippen molar-refractivity contribution in [1.29, 1.82) is 0 Å². The number of amides is 1. The highest BCUT2D eigenvalue weighted by molar-refractivity contribution is 7.19. The lowest BCUT2D eigenvalue weighted by molar-refractivity contribution is -0.0754. The molecule has 1 amide bonds. The fraction of sp³-hybridized carbons (Fsp3) is 0.250. The molecule has 0 radical (unpaired) electrons. The van der Waals surface area contributed by atoms with Gasteiger partial charge in [0.25, 0.3) is 11.5 Å². The lowest BCUT2D eigenvalue weighted by Crippen LogP contribution is -2.25. The van der Waals surface area contributed by atoms with Crippen molar-refractivity contribution in [2.45, 2.75) is 13.3 Å². The number of rotatable bonds is 4. The fourth-order valence-corrected chi connectivity index (χ4v) is 3.54. The molecular formula is C16H15ClN4O3S. The minimum absolute atomic E-state index is 0.269. The quantitative estimate of drug-likeness (QED) is 0.651. The predicted molar refractivity (Wildman–Crippen MR) is 95.2 cm³/mol. The van der Waals surface area contributed by atoms with Gasteiger partial charge in [-0.1, -0.05) is 41.1 Å². The van der Waals surface area contributed by atoms with Crippen LogP contribution in [0, 0.1) is 6.92 Å². The minimum Gasteiger partial charge on any atom is -0.274 e. The monoisotopic (exact) mass is 378 g/mol. The Kier molecular flexibility index (Phi) is 4.85. The topological polar surface area (TPSA) is 76.8 Å². The van der Waals surface area contributed by atoms with Gasteiger partial charge in [-0.3, -0.25) is 14.4 Å². The highest BCUT2D eigenvalue weighted by atomic mass is 35.5. The minimum atomic E-state index is -0.430. The average Bonchev–Trinajstić information content (AvgIpc) is 2.91. The van der Waals surface area contributed by atoms with Crippen molar-refractivity contribution < 1.29 is 9.63 Å². The Bertz CT molecular complexity index is 1010. The van der Waals surface area contributed by atoms with Gasteiger partial charge in [-0.25, -0.2) is 9.58 Å². The molecule has 0 fully saturated rings. The number of halogens is 1. The van der Waals surface area contributed by atoms with Gasteiger partial charge in [0.15, 0.2) is 0 Å². The Morgan fingerprint density at radius 1 is 1.40 bits per heavy atom. The summed E-state index contributed by atoms with van der Waals surface area (Å²) in [6.45, 7) is 1.75. The van der Waals surface area contributed by atoms with E-state index in [1.807, 2.05) is 18.2 Å². The van der Waals surface area contributed by atoms with E-state index in [4.69, 9.17) is 16.4 Å². The molecule has 2 heterocycles. The zero-order valence-corrected chi connectivity index (χ0v) is 15.4. The van der Waals surface area contributed by atoms with E-state index >= 15 is 0 Å². The molecule has 0 aliphatic heterocycles. The first kappa shape index (κ1) is 17.5. The van der Waals surface area contributed by atoms with Crippen molar-refractivity contribution >= 4 is 33.8 Å². The van der Waals surface area contributed by atoms with Gasteiger partial charge in [0.1, 0.15) is 10.6 Å². The summed E-state index contributed by atoms with van der Waals surface area (Å²) in [7, 11) is 2.92. The summed E-state index contributed by atoms with van der Waals surface area (Å²) in [6.07, 6.45) is 0.269. The van der Waals surface area contributed by atoms with Crippen molar-refractivity contribution in [3.05, 3.63) is 61.5 Å². The summed E-state index contributed by atoms with van der Waals surface area (Å²) in [5.74, 6) is -0.322. The lowest BCUT2D eigenvalue weighted by Gasteiger charge is -2.12. The fourth-order valence-electron chi connectivity index (χ4n) is 2.31. The van der Waals surface area contributed by atoms with Gasteiger partial charge in [0.2, 0.25) is 4.96 Å². The maximum Gasteiger partial charge on any atom is 0.296 e. The second kappa shape index (κ2) is 6.91. The summed E-state index contributed by atoms with van der Waals surface area (Å²) in [6, 6.07) is 7.26. The molecule has 0 saturated heterocycles. The first-order valence-corrected chi connectivity index (χ1v) is 8.56. The molecule has 0 atom stereocenters. The van der Waals surface area contributed by atoms with Crippen LogP contribution in [0.15, 0.2) is 29.1 Å². The van der Waals surface area contributed by atoms with Gasteiger partial charge >= 0.3 is 0 Å². The van der Waals surface area contributed by atoms with Crippen LogP contribution in [-0.2, 0) is 11.3 Å². The van der Waals surface area contributed by atoms with Crippen LogP contribution in [0.2, 0.25) is 5.02 Å². The second-order valence-corrected chi connectivity index (χ2v) is 6.71.